The van der Waals surface area contributed by atoms with Gasteiger partial charge in [0, 0.05) is 25.7 Å². The van der Waals surface area contributed by atoms with Crippen molar-refractivity contribution in [3.05, 3.63) is 24.3 Å². The predicted molar refractivity (Wildman–Crippen MR) is 96.7 cm³/mol. The van der Waals surface area contributed by atoms with Crippen LogP contribution in [-0.2, 0) is 9.53 Å². The van der Waals surface area contributed by atoms with Crippen molar-refractivity contribution in [2.45, 2.75) is 45.8 Å². The summed E-state index contributed by atoms with van der Waals surface area (Å²) in [6.45, 7) is 9.09. The van der Waals surface area contributed by atoms with Gasteiger partial charge in [0.05, 0.1) is 31.9 Å². The number of rotatable bonds is 6. The van der Waals surface area contributed by atoms with Crippen LogP contribution in [0.2, 0.25) is 0 Å². The highest BCUT2D eigenvalue weighted by molar-refractivity contribution is 5.76. The van der Waals surface area contributed by atoms with Gasteiger partial charge in [-0.25, -0.2) is 0 Å². The number of amides is 1. The first-order valence-corrected chi connectivity index (χ1v) is 8.82. The Balaban J connectivity index is 1.98. The van der Waals surface area contributed by atoms with Gasteiger partial charge >= 0.3 is 0 Å². The molecule has 1 heterocycles. The van der Waals surface area contributed by atoms with Crippen LogP contribution < -0.4 is 9.64 Å². The Morgan fingerprint density at radius 1 is 1.25 bits per heavy atom. The maximum atomic E-state index is 12.5. The molecule has 1 aromatic rings. The Morgan fingerprint density at radius 2 is 2.00 bits per heavy atom. The van der Waals surface area contributed by atoms with E-state index in [1.807, 2.05) is 36.9 Å². The second-order valence-electron chi connectivity index (χ2n) is 6.55. The van der Waals surface area contributed by atoms with Crippen LogP contribution in [0.3, 0.4) is 0 Å². The van der Waals surface area contributed by atoms with Crippen molar-refractivity contribution in [1.29, 1.82) is 0 Å². The van der Waals surface area contributed by atoms with Crippen molar-refractivity contribution in [2.75, 3.05) is 38.3 Å². The van der Waals surface area contributed by atoms with E-state index in [1.54, 1.807) is 7.11 Å². The highest BCUT2D eigenvalue weighted by atomic mass is 16.5. The van der Waals surface area contributed by atoms with Crippen LogP contribution in [0.25, 0.3) is 0 Å². The van der Waals surface area contributed by atoms with E-state index in [1.165, 1.54) is 0 Å². The van der Waals surface area contributed by atoms with E-state index < -0.39 is 0 Å². The van der Waals surface area contributed by atoms with Gasteiger partial charge in [0.25, 0.3) is 0 Å². The molecule has 1 unspecified atom stereocenters. The van der Waals surface area contributed by atoms with Crippen LogP contribution in [0, 0.1) is 0 Å². The number of benzene rings is 1. The molecule has 2 rings (SSSR count). The lowest BCUT2D eigenvalue weighted by molar-refractivity contribution is -0.134. The number of para-hydroxylation sites is 2. The summed E-state index contributed by atoms with van der Waals surface area (Å²) >= 11 is 0. The number of anilines is 1. The van der Waals surface area contributed by atoms with Crippen molar-refractivity contribution < 1.29 is 14.3 Å². The lowest BCUT2D eigenvalue weighted by Crippen LogP contribution is -2.40. The van der Waals surface area contributed by atoms with Crippen LogP contribution in [0.5, 0.6) is 5.75 Å². The third-order valence-corrected chi connectivity index (χ3v) is 4.47. The number of nitrogens with zero attached hydrogens (tertiary/aromatic N) is 2. The summed E-state index contributed by atoms with van der Waals surface area (Å²) in [6.07, 6.45) is 1.58. The summed E-state index contributed by atoms with van der Waals surface area (Å²) in [6, 6.07) is 8.31. The molecule has 1 aromatic carbocycles. The van der Waals surface area contributed by atoms with Gasteiger partial charge in [-0.3, -0.25) is 4.79 Å². The van der Waals surface area contributed by atoms with Crippen molar-refractivity contribution in [3.8, 4) is 5.75 Å². The van der Waals surface area contributed by atoms with Crippen LogP contribution in [-0.4, -0.2) is 56.3 Å². The molecule has 0 aliphatic carbocycles. The SMILES string of the molecule is COc1ccccc1N1CCC(C)N(C(=O)CCOC(C)C)CC1. The fourth-order valence-electron chi connectivity index (χ4n) is 3.09. The van der Waals surface area contributed by atoms with E-state index in [-0.39, 0.29) is 18.1 Å². The standard InChI is InChI=1S/C19H30N2O3/c1-15(2)24-14-10-19(22)21-13-12-20(11-9-16(21)3)17-7-5-6-8-18(17)23-4/h5-8,15-16H,9-14H2,1-4H3. The average molecular weight is 334 g/mol. The molecule has 0 aromatic heterocycles. The van der Waals surface area contributed by atoms with E-state index in [4.69, 9.17) is 9.47 Å². The molecule has 0 radical (unpaired) electrons. The Hall–Kier alpha value is -1.75. The van der Waals surface area contributed by atoms with Gasteiger partial charge in [0.15, 0.2) is 0 Å². The molecule has 1 aliphatic rings. The minimum Gasteiger partial charge on any atom is -0.495 e. The summed E-state index contributed by atoms with van der Waals surface area (Å²) in [5.74, 6) is 1.07. The van der Waals surface area contributed by atoms with Crippen LogP contribution in [0.1, 0.15) is 33.6 Å². The van der Waals surface area contributed by atoms with Gasteiger partial charge in [-0.05, 0) is 39.3 Å². The maximum absolute atomic E-state index is 12.5. The first-order valence-electron chi connectivity index (χ1n) is 8.82. The van der Waals surface area contributed by atoms with Crippen LogP contribution >= 0.6 is 0 Å². The topological polar surface area (TPSA) is 42.0 Å². The molecule has 0 N–H and O–H groups in total. The van der Waals surface area contributed by atoms with Gasteiger partial charge in [-0.2, -0.15) is 0 Å². The van der Waals surface area contributed by atoms with Crippen molar-refractivity contribution in [3.63, 3.8) is 0 Å². The van der Waals surface area contributed by atoms with E-state index >= 15 is 0 Å². The molecule has 0 saturated carbocycles. The van der Waals surface area contributed by atoms with Crippen molar-refractivity contribution in [1.82, 2.24) is 4.90 Å². The molecule has 1 saturated heterocycles. The zero-order chi connectivity index (χ0) is 17.5. The molecule has 5 nitrogen and oxygen atoms in total. The number of carbonyl (C=O) groups excluding carboxylic acids is 1. The number of methoxy groups -OCH3 is 1. The molecule has 0 spiro atoms. The Labute approximate surface area is 145 Å². The average Bonchev–Trinajstić information content (AvgIpc) is 2.76. The molecular formula is C19H30N2O3. The Morgan fingerprint density at radius 3 is 2.71 bits per heavy atom. The van der Waals surface area contributed by atoms with E-state index in [0.29, 0.717) is 13.0 Å². The minimum atomic E-state index is 0.167. The van der Waals surface area contributed by atoms with Gasteiger partial charge in [-0.15, -0.1) is 0 Å². The lowest BCUT2D eigenvalue weighted by atomic mass is 10.2. The molecule has 134 valence electrons. The number of hydrogen-bond acceptors (Lipinski definition) is 4. The summed E-state index contributed by atoms with van der Waals surface area (Å²) in [5.41, 5.74) is 1.10. The van der Waals surface area contributed by atoms with E-state index in [2.05, 4.69) is 17.9 Å². The summed E-state index contributed by atoms with van der Waals surface area (Å²) in [5, 5.41) is 0. The van der Waals surface area contributed by atoms with Crippen LogP contribution in [0.4, 0.5) is 5.69 Å². The fraction of sp³-hybridized carbons (Fsp3) is 0.632. The number of carbonyl (C=O) groups is 1. The Kier molecular flexibility index (Phi) is 6.91. The predicted octanol–water partition coefficient (Wildman–Crippen LogP) is 2.94. The van der Waals surface area contributed by atoms with Gasteiger partial charge in [0.2, 0.25) is 5.91 Å². The van der Waals surface area contributed by atoms with Crippen molar-refractivity contribution in [2.24, 2.45) is 0 Å². The lowest BCUT2D eigenvalue weighted by Gasteiger charge is -2.27. The largest absolute Gasteiger partial charge is 0.495 e. The number of hydrogen-bond donors (Lipinski definition) is 0. The molecule has 5 heteroatoms. The van der Waals surface area contributed by atoms with Gasteiger partial charge in [-0.1, -0.05) is 12.1 Å². The fourth-order valence-corrected chi connectivity index (χ4v) is 3.09. The Bertz CT molecular complexity index is 533. The van der Waals surface area contributed by atoms with E-state index in [0.717, 1.165) is 37.5 Å². The zero-order valence-electron chi connectivity index (χ0n) is 15.3. The maximum Gasteiger partial charge on any atom is 0.225 e. The van der Waals surface area contributed by atoms with Gasteiger partial charge < -0.3 is 19.3 Å². The third kappa shape index (κ3) is 4.87. The monoisotopic (exact) mass is 334 g/mol. The molecular weight excluding hydrogens is 304 g/mol. The highest BCUT2D eigenvalue weighted by Gasteiger charge is 2.25. The third-order valence-electron chi connectivity index (χ3n) is 4.47. The second-order valence-corrected chi connectivity index (χ2v) is 6.55. The first kappa shape index (κ1) is 18.6. The highest BCUT2D eigenvalue weighted by Crippen LogP contribution is 2.29. The summed E-state index contributed by atoms with van der Waals surface area (Å²) in [4.78, 5) is 16.8. The van der Waals surface area contributed by atoms with E-state index in [9.17, 15) is 4.79 Å². The minimum absolute atomic E-state index is 0.167. The molecule has 1 aliphatic heterocycles. The van der Waals surface area contributed by atoms with Crippen LogP contribution in [0.15, 0.2) is 24.3 Å². The molecule has 1 atom stereocenters. The molecule has 1 amide bonds. The summed E-state index contributed by atoms with van der Waals surface area (Å²) < 4.78 is 11.0. The second kappa shape index (κ2) is 8.92. The molecule has 1 fully saturated rings. The normalized spacial score (nSPS) is 18.6. The first-order chi connectivity index (χ1) is 11.5. The number of ether oxygens (including phenoxy) is 2. The molecule has 24 heavy (non-hydrogen) atoms. The van der Waals surface area contributed by atoms with Gasteiger partial charge in [0.1, 0.15) is 5.75 Å². The summed E-state index contributed by atoms with van der Waals surface area (Å²) in [7, 11) is 1.70. The zero-order valence-corrected chi connectivity index (χ0v) is 15.3. The smallest absolute Gasteiger partial charge is 0.225 e. The molecule has 0 bridgehead atoms. The van der Waals surface area contributed by atoms with Crippen molar-refractivity contribution >= 4 is 11.6 Å². The quantitative estimate of drug-likeness (QED) is 0.802.